The third-order valence-electron chi connectivity index (χ3n) is 3.48. The Morgan fingerprint density at radius 2 is 1.78 bits per heavy atom. The Hall–Kier alpha value is -3.32. The van der Waals surface area contributed by atoms with Crippen molar-refractivity contribution < 1.29 is 9.50 Å². The molecule has 1 aromatic heterocycles. The van der Waals surface area contributed by atoms with E-state index in [1.165, 1.54) is 6.07 Å². The summed E-state index contributed by atoms with van der Waals surface area (Å²) in [4.78, 5) is 0. The maximum absolute atomic E-state index is 13.9. The molecule has 0 saturated heterocycles. The lowest BCUT2D eigenvalue weighted by molar-refractivity contribution is 0.475. The Morgan fingerprint density at radius 3 is 2.48 bits per heavy atom. The van der Waals surface area contributed by atoms with Crippen LogP contribution in [0.4, 0.5) is 4.39 Å². The lowest BCUT2D eigenvalue weighted by Crippen LogP contribution is -1.95. The maximum Gasteiger partial charge on any atom is 0.131 e. The molecule has 0 atom stereocenters. The number of phenolic OH excluding ortho intramolecular Hbond substituents is 1. The first-order valence-electron chi connectivity index (χ1n) is 7.02. The third-order valence-corrected chi connectivity index (χ3v) is 3.48. The molecule has 0 fully saturated rings. The largest absolute Gasteiger partial charge is 0.508 e. The summed E-state index contributed by atoms with van der Waals surface area (Å²) in [5, 5.41) is 18.8. The highest BCUT2D eigenvalue weighted by atomic mass is 19.1. The first kappa shape index (κ1) is 14.6. The van der Waals surface area contributed by atoms with Crippen molar-refractivity contribution in [3.05, 3.63) is 83.9 Å². The standard InChI is InChI=1S/C19H13FN2O/c20-19-6-2-1-5-18(19)14(13-21)12-16-4-3-11-22(16)15-7-9-17(23)10-8-15/h1-12,23H. The van der Waals surface area contributed by atoms with Crippen LogP contribution in [0.15, 0.2) is 66.9 Å². The average molecular weight is 304 g/mol. The van der Waals surface area contributed by atoms with Crippen LogP contribution in [-0.4, -0.2) is 9.67 Å². The van der Waals surface area contributed by atoms with Gasteiger partial charge in [0.15, 0.2) is 0 Å². The second-order valence-electron chi connectivity index (χ2n) is 4.97. The molecule has 3 aromatic rings. The number of halogens is 1. The summed E-state index contributed by atoms with van der Waals surface area (Å²) >= 11 is 0. The van der Waals surface area contributed by atoms with Gasteiger partial charge in [-0.15, -0.1) is 0 Å². The minimum atomic E-state index is -0.428. The van der Waals surface area contributed by atoms with E-state index in [-0.39, 0.29) is 16.9 Å². The summed E-state index contributed by atoms with van der Waals surface area (Å²) in [6.07, 6.45) is 3.49. The van der Waals surface area contributed by atoms with Crippen molar-refractivity contribution in [2.24, 2.45) is 0 Å². The maximum atomic E-state index is 13.9. The number of aromatic hydroxyl groups is 1. The zero-order valence-electron chi connectivity index (χ0n) is 12.1. The summed E-state index contributed by atoms with van der Waals surface area (Å²) in [5.41, 5.74) is 2.11. The van der Waals surface area contributed by atoms with Crippen LogP contribution >= 0.6 is 0 Å². The van der Waals surface area contributed by atoms with Crippen LogP contribution < -0.4 is 0 Å². The molecule has 1 N–H and O–H groups in total. The smallest absolute Gasteiger partial charge is 0.131 e. The number of rotatable bonds is 3. The van der Waals surface area contributed by atoms with E-state index in [1.807, 2.05) is 22.9 Å². The van der Waals surface area contributed by atoms with E-state index >= 15 is 0 Å². The van der Waals surface area contributed by atoms with Crippen LogP contribution in [0.5, 0.6) is 5.75 Å². The van der Waals surface area contributed by atoms with Gasteiger partial charge < -0.3 is 9.67 Å². The topological polar surface area (TPSA) is 49.0 Å². The van der Waals surface area contributed by atoms with Crippen LogP contribution in [0.25, 0.3) is 17.3 Å². The molecular formula is C19H13FN2O. The van der Waals surface area contributed by atoms with E-state index in [2.05, 4.69) is 6.07 Å². The van der Waals surface area contributed by atoms with Crippen molar-refractivity contribution >= 4 is 11.6 Å². The van der Waals surface area contributed by atoms with Gasteiger partial charge in [0, 0.05) is 23.1 Å². The second-order valence-corrected chi connectivity index (χ2v) is 4.97. The lowest BCUT2D eigenvalue weighted by Gasteiger charge is -2.08. The molecule has 0 aliphatic rings. The van der Waals surface area contributed by atoms with Crippen LogP contribution in [-0.2, 0) is 0 Å². The summed E-state index contributed by atoms with van der Waals surface area (Å²) in [5.74, 6) is -0.245. The number of phenols is 1. The molecule has 112 valence electrons. The fourth-order valence-corrected chi connectivity index (χ4v) is 2.36. The summed E-state index contributed by atoms with van der Waals surface area (Å²) in [7, 11) is 0. The highest BCUT2D eigenvalue weighted by Gasteiger charge is 2.09. The van der Waals surface area contributed by atoms with Gasteiger partial charge in [0.05, 0.1) is 11.6 Å². The predicted molar refractivity (Wildman–Crippen MR) is 87.3 cm³/mol. The van der Waals surface area contributed by atoms with Gasteiger partial charge in [0.2, 0.25) is 0 Å². The van der Waals surface area contributed by atoms with E-state index in [0.29, 0.717) is 0 Å². The molecule has 3 nitrogen and oxygen atoms in total. The van der Waals surface area contributed by atoms with Gasteiger partial charge in [-0.25, -0.2) is 4.39 Å². The molecule has 0 unspecified atom stereocenters. The van der Waals surface area contributed by atoms with Gasteiger partial charge in [-0.2, -0.15) is 5.26 Å². The monoisotopic (exact) mass is 304 g/mol. The number of nitrogens with zero attached hydrogens (tertiary/aromatic N) is 2. The summed E-state index contributed by atoms with van der Waals surface area (Å²) < 4.78 is 15.8. The van der Waals surface area contributed by atoms with E-state index in [1.54, 1.807) is 48.5 Å². The van der Waals surface area contributed by atoms with E-state index in [9.17, 15) is 14.8 Å². The molecule has 3 rings (SSSR count). The second kappa shape index (κ2) is 6.20. The molecule has 1 heterocycles. The molecule has 2 aromatic carbocycles. The Kier molecular flexibility index (Phi) is 3.94. The predicted octanol–water partition coefficient (Wildman–Crippen LogP) is 4.39. The first-order valence-corrected chi connectivity index (χ1v) is 7.02. The van der Waals surface area contributed by atoms with Gasteiger partial charge in [-0.3, -0.25) is 0 Å². The van der Waals surface area contributed by atoms with Crippen LogP contribution in [0.2, 0.25) is 0 Å². The zero-order valence-corrected chi connectivity index (χ0v) is 12.1. The van der Waals surface area contributed by atoms with Crippen molar-refractivity contribution in [1.82, 2.24) is 4.57 Å². The highest BCUT2D eigenvalue weighted by molar-refractivity contribution is 5.89. The van der Waals surface area contributed by atoms with Crippen molar-refractivity contribution in [1.29, 1.82) is 5.26 Å². The molecule has 4 heteroatoms. The molecular weight excluding hydrogens is 291 g/mol. The number of allylic oxidation sites excluding steroid dienone is 1. The fraction of sp³-hybridized carbons (Fsp3) is 0. The van der Waals surface area contributed by atoms with Crippen LogP contribution in [0, 0.1) is 17.1 Å². The van der Waals surface area contributed by atoms with Crippen LogP contribution in [0.3, 0.4) is 0 Å². The van der Waals surface area contributed by atoms with Gasteiger partial charge in [0.1, 0.15) is 11.6 Å². The van der Waals surface area contributed by atoms with Crippen molar-refractivity contribution in [2.75, 3.05) is 0 Å². The number of nitriles is 1. The van der Waals surface area contributed by atoms with E-state index < -0.39 is 5.82 Å². The summed E-state index contributed by atoms with van der Waals surface area (Å²) in [6, 6.07) is 18.6. The van der Waals surface area contributed by atoms with Crippen molar-refractivity contribution in [3.8, 4) is 17.5 Å². The molecule has 0 saturated carbocycles. The lowest BCUT2D eigenvalue weighted by atomic mass is 10.1. The van der Waals surface area contributed by atoms with Gasteiger partial charge in [0.25, 0.3) is 0 Å². The van der Waals surface area contributed by atoms with Gasteiger partial charge in [-0.1, -0.05) is 18.2 Å². The minimum absolute atomic E-state index is 0.182. The van der Waals surface area contributed by atoms with Crippen molar-refractivity contribution in [2.45, 2.75) is 0 Å². The van der Waals surface area contributed by atoms with Gasteiger partial charge in [-0.05, 0) is 48.5 Å². The Labute approximate surface area is 133 Å². The fourth-order valence-electron chi connectivity index (χ4n) is 2.36. The van der Waals surface area contributed by atoms with E-state index in [4.69, 9.17) is 0 Å². The third kappa shape index (κ3) is 2.99. The zero-order chi connectivity index (χ0) is 16.2. The average Bonchev–Trinajstić information content (AvgIpc) is 3.02. The Bertz CT molecular complexity index is 902. The number of aromatic nitrogens is 1. The SMILES string of the molecule is N#CC(=Cc1cccn1-c1ccc(O)cc1)c1ccccc1F. The Balaban J connectivity index is 2.06. The number of hydrogen-bond donors (Lipinski definition) is 1. The highest BCUT2D eigenvalue weighted by Crippen LogP contribution is 2.23. The summed E-state index contributed by atoms with van der Waals surface area (Å²) in [6.45, 7) is 0. The molecule has 0 aliphatic heterocycles. The van der Waals surface area contributed by atoms with Crippen LogP contribution in [0.1, 0.15) is 11.3 Å². The van der Waals surface area contributed by atoms with Gasteiger partial charge >= 0.3 is 0 Å². The molecule has 0 bridgehead atoms. The van der Waals surface area contributed by atoms with E-state index in [0.717, 1.165) is 11.4 Å². The number of benzene rings is 2. The number of hydrogen-bond acceptors (Lipinski definition) is 2. The quantitative estimate of drug-likeness (QED) is 0.730. The molecule has 0 amide bonds. The van der Waals surface area contributed by atoms with Crippen molar-refractivity contribution in [3.63, 3.8) is 0 Å². The molecule has 0 spiro atoms. The molecule has 0 radical (unpaired) electrons. The minimum Gasteiger partial charge on any atom is -0.508 e. The normalized spacial score (nSPS) is 11.2. The molecule has 23 heavy (non-hydrogen) atoms. The first-order chi connectivity index (χ1) is 11.2. The Morgan fingerprint density at radius 1 is 1.04 bits per heavy atom. The molecule has 0 aliphatic carbocycles.